The fraction of sp³-hybridized carbons (Fsp3) is 0.429. The molecule has 0 bridgehead atoms. The molecular weight excluding hydrogens is 276 g/mol. The summed E-state index contributed by atoms with van der Waals surface area (Å²) in [6, 6.07) is 4.14. The number of ketones is 1. The van der Waals surface area contributed by atoms with Crippen molar-refractivity contribution in [2.24, 2.45) is 0 Å². The molecule has 0 aliphatic rings. The van der Waals surface area contributed by atoms with Crippen LogP contribution < -0.4 is 5.32 Å². The number of nitrogens with zero attached hydrogens (tertiary/aromatic N) is 1. The predicted molar refractivity (Wildman–Crippen MR) is 76.2 cm³/mol. The first kappa shape index (κ1) is 16.6. The molecule has 1 aromatic rings. The Kier molecular flexibility index (Phi) is 5.02. The number of carbonyl (C=O) groups excluding carboxylic acids is 2. The molecule has 0 aromatic heterocycles. The molecule has 0 spiro atoms. The fourth-order valence-corrected chi connectivity index (χ4v) is 1.62. The lowest BCUT2D eigenvalue weighted by Crippen LogP contribution is -2.32. The molecule has 1 N–H and O–H groups in total. The van der Waals surface area contributed by atoms with Gasteiger partial charge in [-0.25, -0.2) is 4.79 Å². The maximum atomic E-state index is 11.5. The lowest BCUT2D eigenvalue weighted by atomic mass is 10.1. The molecule has 0 heterocycles. The Morgan fingerprint density at radius 2 is 1.95 bits per heavy atom. The van der Waals surface area contributed by atoms with E-state index in [2.05, 4.69) is 5.32 Å². The predicted octanol–water partition coefficient (Wildman–Crippen LogP) is 2.82. The Morgan fingerprint density at radius 1 is 1.33 bits per heavy atom. The third kappa shape index (κ3) is 5.21. The van der Waals surface area contributed by atoms with Crippen molar-refractivity contribution in [3.63, 3.8) is 0 Å². The van der Waals surface area contributed by atoms with Crippen molar-refractivity contribution in [3.05, 3.63) is 39.4 Å². The molecule has 0 aliphatic heterocycles. The summed E-state index contributed by atoms with van der Waals surface area (Å²) in [5.41, 5.74) is -0.256. The van der Waals surface area contributed by atoms with Gasteiger partial charge in [-0.05, 0) is 39.3 Å². The van der Waals surface area contributed by atoms with Crippen molar-refractivity contribution >= 4 is 17.6 Å². The van der Waals surface area contributed by atoms with Gasteiger partial charge in [0.15, 0.2) is 5.78 Å². The summed E-state index contributed by atoms with van der Waals surface area (Å²) in [6.07, 6.45) is -0.592. The second-order valence-electron chi connectivity index (χ2n) is 5.52. The van der Waals surface area contributed by atoms with Crippen LogP contribution in [0.1, 0.15) is 43.6 Å². The number of amides is 1. The summed E-state index contributed by atoms with van der Waals surface area (Å²) in [5.74, 6) is -0.402. The largest absolute Gasteiger partial charge is 0.444 e. The van der Waals surface area contributed by atoms with Crippen molar-refractivity contribution in [2.75, 3.05) is 0 Å². The van der Waals surface area contributed by atoms with Gasteiger partial charge in [-0.2, -0.15) is 0 Å². The zero-order valence-electron chi connectivity index (χ0n) is 12.4. The quantitative estimate of drug-likeness (QED) is 0.523. The lowest BCUT2D eigenvalue weighted by molar-refractivity contribution is -0.385. The van der Waals surface area contributed by atoms with E-state index in [0.29, 0.717) is 5.56 Å². The molecule has 1 aromatic carbocycles. The van der Waals surface area contributed by atoms with Crippen LogP contribution in [0.3, 0.4) is 0 Å². The number of nitro groups is 1. The molecular formula is C14H18N2O5. The molecule has 7 heteroatoms. The van der Waals surface area contributed by atoms with E-state index < -0.39 is 22.4 Å². The molecule has 0 saturated carbocycles. The SMILES string of the molecule is CC(=O)c1cc(CNC(=O)OC(C)(C)C)ccc1[N+](=O)[O-]. The van der Waals surface area contributed by atoms with E-state index in [-0.39, 0.29) is 17.8 Å². The van der Waals surface area contributed by atoms with Gasteiger partial charge in [-0.3, -0.25) is 14.9 Å². The second-order valence-corrected chi connectivity index (χ2v) is 5.52. The van der Waals surface area contributed by atoms with E-state index >= 15 is 0 Å². The molecule has 7 nitrogen and oxygen atoms in total. The van der Waals surface area contributed by atoms with E-state index in [9.17, 15) is 19.7 Å². The van der Waals surface area contributed by atoms with Gasteiger partial charge in [0.05, 0.1) is 10.5 Å². The molecule has 1 amide bonds. The smallest absolute Gasteiger partial charge is 0.407 e. The Bertz CT molecular complexity index is 575. The van der Waals surface area contributed by atoms with Gasteiger partial charge < -0.3 is 10.1 Å². The molecule has 21 heavy (non-hydrogen) atoms. The molecule has 0 atom stereocenters. The summed E-state index contributed by atoms with van der Waals surface area (Å²) >= 11 is 0. The van der Waals surface area contributed by atoms with E-state index in [1.165, 1.54) is 25.1 Å². The van der Waals surface area contributed by atoms with Crippen LogP contribution >= 0.6 is 0 Å². The number of carbonyl (C=O) groups is 2. The van der Waals surface area contributed by atoms with Gasteiger partial charge in [-0.15, -0.1) is 0 Å². The Hall–Kier alpha value is -2.44. The topological polar surface area (TPSA) is 98.5 Å². The third-order valence-electron chi connectivity index (χ3n) is 2.47. The number of hydrogen-bond acceptors (Lipinski definition) is 5. The monoisotopic (exact) mass is 294 g/mol. The standard InChI is InChI=1S/C14H18N2O5/c1-9(17)11-7-10(5-6-12(11)16(19)20)8-15-13(18)21-14(2,3)4/h5-7H,8H2,1-4H3,(H,15,18). The highest BCUT2D eigenvalue weighted by atomic mass is 16.6. The van der Waals surface area contributed by atoms with Gasteiger partial charge in [0.2, 0.25) is 0 Å². The first-order chi connectivity index (χ1) is 9.60. The number of benzene rings is 1. The average Bonchev–Trinajstić information content (AvgIpc) is 2.33. The fourth-order valence-electron chi connectivity index (χ4n) is 1.62. The highest BCUT2D eigenvalue weighted by Crippen LogP contribution is 2.20. The molecule has 0 aliphatic carbocycles. The van der Waals surface area contributed by atoms with Gasteiger partial charge in [-0.1, -0.05) is 6.07 Å². The van der Waals surface area contributed by atoms with Gasteiger partial charge in [0, 0.05) is 12.6 Å². The van der Waals surface area contributed by atoms with Crippen LogP contribution in [0.5, 0.6) is 0 Å². The number of rotatable bonds is 4. The van der Waals surface area contributed by atoms with Crippen LogP contribution in [0.15, 0.2) is 18.2 Å². The number of nitro benzene ring substituents is 1. The lowest BCUT2D eigenvalue weighted by Gasteiger charge is -2.19. The van der Waals surface area contributed by atoms with Crippen molar-refractivity contribution in [1.82, 2.24) is 5.32 Å². The molecule has 0 saturated heterocycles. The minimum absolute atomic E-state index is 0.0171. The van der Waals surface area contributed by atoms with Crippen LogP contribution in [0.25, 0.3) is 0 Å². The number of hydrogen-bond donors (Lipinski definition) is 1. The minimum Gasteiger partial charge on any atom is -0.444 e. The Labute approximate surface area is 122 Å². The molecule has 0 unspecified atom stereocenters. The number of nitrogens with one attached hydrogen (secondary N) is 1. The first-order valence-corrected chi connectivity index (χ1v) is 6.35. The van der Waals surface area contributed by atoms with E-state index in [1.807, 2.05) is 0 Å². The highest BCUT2D eigenvalue weighted by Gasteiger charge is 2.19. The van der Waals surface area contributed by atoms with Crippen LogP contribution in [0.4, 0.5) is 10.5 Å². The van der Waals surface area contributed by atoms with Crippen molar-refractivity contribution in [1.29, 1.82) is 0 Å². The first-order valence-electron chi connectivity index (χ1n) is 6.35. The average molecular weight is 294 g/mol. The Morgan fingerprint density at radius 3 is 2.43 bits per heavy atom. The van der Waals surface area contributed by atoms with E-state index in [0.717, 1.165) is 0 Å². The molecule has 114 valence electrons. The summed E-state index contributed by atoms with van der Waals surface area (Å²) in [5, 5.41) is 13.4. The minimum atomic E-state index is -0.609. The summed E-state index contributed by atoms with van der Waals surface area (Å²) in [7, 11) is 0. The second kappa shape index (κ2) is 6.34. The zero-order valence-corrected chi connectivity index (χ0v) is 12.4. The van der Waals surface area contributed by atoms with Crippen molar-refractivity contribution < 1.29 is 19.2 Å². The highest BCUT2D eigenvalue weighted by molar-refractivity contribution is 5.98. The van der Waals surface area contributed by atoms with E-state index in [4.69, 9.17) is 4.74 Å². The van der Waals surface area contributed by atoms with Crippen LogP contribution in [-0.4, -0.2) is 22.4 Å². The van der Waals surface area contributed by atoms with E-state index in [1.54, 1.807) is 20.8 Å². The number of Topliss-reactive ketones (excluding diaryl/α,β-unsaturated/α-hetero) is 1. The van der Waals surface area contributed by atoms with Crippen LogP contribution in [0.2, 0.25) is 0 Å². The molecule has 0 fully saturated rings. The van der Waals surface area contributed by atoms with Crippen molar-refractivity contribution in [3.8, 4) is 0 Å². The number of ether oxygens (including phenoxy) is 1. The van der Waals surface area contributed by atoms with Gasteiger partial charge in [0.1, 0.15) is 5.60 Å². The Balaban J connectivity index is 2.82. The maximum absolute atomic E-state index is 11.5. The zero-order chi connectivity index (χ0) is 16.2. The normalized spacial score (nSPS) is 10.9. The molecule has 1 rings (SSSR count). The van der Waals surface area contributed by atoms with Crippen molar-refractivity contribution in [2.45, 2.75) is 39.8 Å². The maximum Gasteiger partial charge on any atom is 0.407 e. The summed E-state index contributed by atoms with van der Waals surface area (Å²) in [4.78, 5) is 33.2. The van der Waals surface area contributed by atoms with Gasteiger partial charge >= 0.3 is 6.09 Å². The third-order valence-corrected chi connectivity index (χ3v) is 2.47. The molecule has 0 radical (unpaired) electrons. The van der Waals surface area contributed by atoms with Gasteiger partial charge in [0.25, 0.3) is 5.69 Å². The number of alkyl carbamates (subject to hydrolysis) is 1. The van der Waals surface area contributed by atoms with Crippen LogP contribution in [0, 0.1) is 10.1 Å². The summed E-state index contributed by atoms with van der Waals surface area (Å²) in [6.45, 7) is 6.60. The van der Waals surface area contributed by atoms with Crippen LogP contribution in [-0.2, 0) is 11.3 Å². The summed E-state index contributed by atoms with van der Waals surface area (Å²) < 4.78 is 5.07.